The van der Waals surface area contributed by atoms with Crippen molar-refractivity contribution in [2.24, 2.45) is 0 Å². The second-order valence-corrected chi connectivity index (χ2v) is 6.95. The third-order valence-corrected chi connectivity index (χ3v) is 4.70. The Bertz CT molecular complexity index is 782. The Morgan fingerprint density at radius 2 is 1.97 bits per heavy atom. The number of hydrogen-bond donors (Lipinski definition) is 1. The number of methoxy groups -OCH3 is 1. The minimum atomic E-state index is -4.50. The number of amides is 2. The number of carbonyl (C=O) groups is 3. The summed E-state index contributed by atoms with van der Waals surface area (Å²) in [6, 6.07) is 3.91. The summed E-state index contributed by atoms with van der Waals surface area (Å²) < 4.78 is 47.7. The summed E-state index contributed by atoms with van der Waals surface area (Å²) in [5, 5.41) is 1.84. The number of ether oxygens (including phenoxy) is 2. The number of likely N-dealkylation sites (tertiary alicyclic amines) is 1. The monoisotopic (exact) mass is 430 g/mol. The molecule has 1 aromatic carbocycles. The Labute approximate surface area is 172 Å². The van der Waals surface area contributed by atoms with Crippen LogP contribution < -0.4 is 14.8 Å². The molecule has 0 radical (unpaired) electrons. The molecule has 30 heavy (non-hydrogen) atoms. The van der Waals surface area contributed by atoms with Crippen molar-refractivity contribution in [3.63, 3.8) is 0 Å². The first-order valence-corrected chi connectivity index (χ1v) is 9.58. The van der Waals surface area contributed by atoms with Gasteiger partial charge in [-0.15, -0.1) is 0 Å². The van der Waals surface area contributed by atoms with E-state index in [1.54, 1.807) is 18.2 Å². The maximum Gasteiger partial charge on any atom is 0.405 e. The Morgan fingerprint density at radius 1 is 1.23 bits per heavy atom. The molecule has 1 fully saturated rings. The lowest BCUT2D eigenvalue weighted by atomic mass is 10.1. The molecule has 1 aromatic rings. The second kappa shape index (κ2) is 10.3. The van der Waals surface area contributed by atoms with E-state index in [0.29, 0.717) is 42.9 Å². The SMILES string of the molecule is COc1cc(C(C)=O)ccc1OCCCC(=O)N1CCCC1C(=O)NCC(F)(F)F. The molecule has 0 saturated carbocycles. The maximum atomic E-state index is 12.4. The minimum absolute atomic E-state index is 0.0941. The molecule has 1 aliphatic rings. The summed E-state index contributed by atoms with van der Waals surface area (Å²) in [6.45, 7) is 0.558. The highest BCUT2D eigenvalue weighted by Crippen LogP contribution is 2.28. The highest BCUT2D eigenvalue weighted by Gasteiger charge is 2.36. The lowest BCUT2D eigenvalue weighted by Crippen LogP contribution is -2.48. The van der Waals surface area contributed by atoms with Crippen molar-refractivity contribution < 1.29 is 37.0 Å². The third-order valence-electron chi connectivity index (χ3n) is 4.70. The highest BCUT2D eigenvalue weighted by atomic mass is 19.4. The van der Waals surface area contributed by atoms with Gasteiger partial charge in [0.05, 0.1) is 13.7 Å². The molecule has 7 nitrogen and oxygen atoms in total. The van der Waals surface area contributed by atoms with E-state index in [0.717, 1.165) is 0 Å². The fraction of sp³-hybridized carbons (Fsp3) is 0.550. The normalized spacial score (nSPS) is 16.3. The summed E-state index contributed by atoms with van der Waals surface area (Å²) in [5.74, 6) is -0.368. The summed E-state index contributed by atoms with van der Waals surface area (Å²) in [4.78, 5) is 37.2. The molecule has 1 N–H and O–H groups in total. The second-order valence-electron chi connectivity index (χ2n) is 6.95. The fourth-order valence-electron chi connectivity index (χ4n) is 3.20. The minimum Gasteiger partial charge on any atom is -0.493 e. The van der Waals surface area contributed by atoms with E-state index < -0.39 is 24.7 Å². The van der Waals surface area contributed by atoms with E-state index in [9.17, 15) is 27.6 Å². The number of ketones is 1. The predicted octanol–water partition coefficient (Wildman–Crippen LogP) is 2.73. The van der Waals surface area contributed by atoms with Crippen LogP contribution in [0.2, 0.25) is 0 Å². The van der Waals surface area contributed by atoms with E-state index in [2.05, 4.69) is 0 Å². The fourth-order valence-corrected chi connectivity index (χ4v) is 3.20. The zero-order valence-electron chi connectivity index (χ0n) is 16.9. The number of benzene rings is 1. The molecule has 0 aliphatic carbocycles. The molecule has 0 aromatic heterocycles. The van der Waals surface area contributed by atoms with Crippen molar-refractivity contribution in [1.82, 2.24) is 10.2 Å². The Morgan fingerprint density at radius 3 is 2.60 bits per heavy atom. The van der Waals surface area contributed by atoms with Gasteiger partial charge in [-0.2, -0.15) is 13.2 Å². The highest BCUT2D eigenvalue weighted by molar-refractivity contribution is 5.94. The van der Waals surface area contributed by atoms with Crippen molar-refractivity contribution in [3.05, 3.63) is 23.8 Å². The van der Waals surface area contributed by atoms with Gasteiger partial charge in [0.15, 0.2) is 17.3 Å². The predicted molar refractivity (Wildman–Crippen MR) is 102 cm³/mol. The lowest BCUT2D eigenvalue weighted by Gasteiger charge is -2.24. The average Bonchev–Trinajstić information content (AvgIpc) is 3.18. The van der Waals surface area contributed by atoms with Crippen molar-refractivity contribution >= 4 is 17.6 Å². The van der Waals surface area contributed by atoms with Crippen LogP contribution in [0.3, 0.4) is 0 Å². The van der Waals surface area contributed by atoms with E-state index in [1.807, 2.05) is 5.32 Å². The lowest BCUT2D eigenvalue weighted by molar-refractivity contribution is -0.144. The van der Waals surface area contributed by atoms with Gasteiger partial charge in [0, 0.05) is 18.5 Å². The van der Waals surface area contributed by atoms with Gasteiger partial charge in [0.1, 0.15) is 12.6 Å². The first kappa shape index (κ1) is 23.5. The molecule has 1 atom stereocenters. The number of alkyl halides is 3. The van der Waals surface area contributed by atoms with Gasteiger partial charge in [0.25, 0.3) is 0 Å². The van der Waals surface area contributed by atoms with Gasteiger partial charge in [-0.05, 0) is 44.4 Å². The summed E-state index contributed by atoms with van der Waals surface area (Å²) in [5.41, 5.74) is 0.484. The standard InChI is InChI=1S/C20H25F3N2O5/c1-13(26)14-7-8-16(17(11-14)29-2)30-10-4-6-18(27)25-9-3-5-15(25)19(28)24-12-20(21,22)23/h7-8,11,15H,3-6,9-10,12H2,1-2H3,(H,24,28). The largest absolute Gasteiger partial charge is 0.493 e. The molecule has 1 aliphatic heterocycles. The van der Waals surface area contributed by atoms with Crippen LogP contribution in [0.1, 0.15) is 43.0 Å². The van der Waals surface area contributed by atoms with E-state index >= 15 is 0 Å². The first-order chi connectivity index (χ1) is 14.1. The quantitative estimate of drug-likeness (QED) is 0.481. The molecule has 166 valence electrons. The Balaban J connectivity index is 1.83. The molecule has 0 spiro atoms. The molecule has 1 heterocycles. The molecular weight excluding hydrogens is 405 g/mol. The topological polar surface area (TPSA) is 84.9 Å². The van der Waals surface area contributed by atoms with E-state index in [4.69, 9.17) is 9.47 Å². The van der Waals surface area contributed by atoms with Crippen LogP contribution in [-0.4, -0.2) is 61.5 Å². The van der Waals surface area contributed by atoms with Gasteiger partial charge >= 0.3 is 6.18 Å². The summed E-state index contributed by atoms with van der Waals surface area (Å²) >= 11 is 0. The summed E-state index contributed by atoms with van der Waals surface area (Å²) in [7, 11) is 1.45. The van der Waals surface area contributed by atoms with Crippen molar-refractivity contribution in [2.45, 2.75) is 44.8 Å². The van der Waals surface area contributed by atoms with Crippen molar-refractivity contribution in [1.29, 1.82) is 0 Å². The number of carbonyl (C=O) groups excluding carboxylic acids is 3. The molecular formula is C20H25F3N2O5. The number of Topliss-reactive ketones (excluding diaryl/α,β-unsaturated/α-hetero) is 1. The van der Waals surface area contributed by atoms with Crippen LogP contribution in [0.4, 0.5) is 13.2 Å². The molecule has 10 heteroatoms. The smallest absolute Gasteiger partial charge is 0.405 e. The summed E-state index contributed by atoms with van der Waals surface area (Å²) in [6.07, 6.45) is -3.15. The van der Waals surface area contributed by atoms with Crippen molar-refractivity contribution in [2.75, 3.05) is 26.8 Å². The van der Waals surface area contributed by atoms with Crippen LogP contribution in [0.5, 0.6) is 11.5 Å². The van der Waals surface area contributed by atoms with Gasteiger partial charge in [-0.3, -0.25) is 14.4 Å². The molecule has 2 rings (SSSR count). The van der Waals surface area contributed by atoms with E-state index in [-0.39, 0.29) is 24.7 Å². The van der Waals surface area contributed by atoms with Crippen LogP contribution in [0, 0.1) is 0 Å². The van der Waals surface area contributed by atoms with Crippen molar-refractivity contribution in [3.8, 4) is 11.5 Å². The Kier molecular flexibility index (Phi) is 8.08. The third kappa shape index (κ3) is 6.64. The number of hydrogen-bond acceptors (Lipinski definition) is 5. The molecule has 2 amide bonds. The molecule has 0 bridgehead atoms. The first-order valence-electron chi connectivity index (χ1n) is 9.58. The average molecular weight is 430 g/mol. The Hall–Kier alpha value is -2.78. The van der Waals surface area contributed by atoms with Gasteiger partial charge in [-0.1, -0.05) is 0 Å². The van der Waals surface area contributed by atoms with Gasteiger partial charge in [-0.25, -0.2) is 0 Å². The molecule has 1 saturated heterocycles. The zero-order valence-corrected chi connectivity index (χ0v) is 16.9. The number of rotatable bonds is 9. The van der Waals surface area contributed by atoms with Gasteiger partial charge < -0.3 is 19.7 Å². The van der Waals surface area contributed by atoms with Gasteiger partial charge in [0.2, 0.25) is 11.8 Å². The van der Waals surface area contributed by atoms with Crippen LogP contribution in [0.15, 0.2) is 18.2 Å². The maximum absolute atomic E-state index is 12.4. The molecule has 1 unspecified atom stereocenters. The van der Waals surface area contributed by atoms with Crippen LogP contribution in [0.25, 0.3) is 0 Å². The number of nitrogens with zero attached hydrogens (tertiary/aromatic N) is 1. The van der Waals surface area contributed by atoms with E-state index in [1.165, 1.54) is 18.9 Å². The zero-order chi connectivity index (χ0) is 22.3. The van der Waals surface area contributed by atoms with Crippen LogP contribution in [-0.2, 0) is 9.59 Å². The van der Waals surface area contributed by atoms with Crippen LogP contribution >= 0.6 is 0 Å². The number of halogens is 3. The number of nitrogens with one attached hydrogen (secondary N) is 1.